The van der Waals surface area contributed by atoms with E-state index in [-0.39, 0.29) is 6.17 Å². The van der Waals surface area contributed by atoms with Gasteiger partial charge in [0.15, 0.2) is 0 Å². The van der Waals surface area contributed by atoms with E-state index in [2.05, 4.69) is 36.4 Å². The van der Waals surface area contributed by atoms with Gasteiger partial charge in [-0.15, -0.1) is 0 Å². The zero-order valence-corrected chi connectivity index (χ0v) is 7.15. The summed E-state index contributed by atoms with van der Waals surface area (Å²) in [6.07, 6.45) is 0.271. The van der Waals surface area contributed by atoms with Crippen LogP contribution in [-0.4, -0.2) is 12.2 Å². The summed E-state index contributed by atoms with van der Waals surface area (Å²) >= 11 is 0. The minimum absolute atomic E-state index is 0.271. The quantitative estimate of drug-likeness (QED) is 0.346. The molecule has 58 valence electrons. The molecule has 0 saturated heterocycles. The van der Waals surface area contributed by atoms with Crippen LogP contribution in [0.2, 0.25) is 0 Å². The van der Waals surface area contributed by atoms with Gasteiger partial charge in [0.05, 0.1) is 6.17 Å². The second-order valence-corrected chi connectivity index (χ2v) is 2.56. The average molecular weight is 140 g/mol. The maximum atomic E-state index is 3.26. The van der Waals surface area contributed by atoms with Gasteiger partial charge in [-0.05, 0) is 27.7 Å². The van der Waals surface area contributed by atoms with Crippen LogP contribution in [0, 0.1) is 12.0 Å². The molecule has 1 unspecified atom stereocenters. The van der Waals surface area contributed by atoms with Gasteiger partial charge < -0.3 is 5.32 Å². The van der Waals surface area contributed by atoms with E-state index >= 15 is 0 Å². The summed E-state index contributed by atoms with van der Waals surface area (Å²) in [5.74, 6) is 2.77. The molecule has 2 heteroatoms. The molecule has 0 aliphatic carbocycles. The molecule has 2 nitrogen and oxygen atoms in total. The van der Waals surface area contributed by atoms with E-state index in [1.165, 1.54) is 0 Å². The van der Waals surface area contributed by atoms with E-state index < -0.39 is 0 Å². The van der Waals surface area contributed by atoms with Crippen LogP contribution in [0.3, 0.4) is 0 Å². The lowest BCUT2D eigenvalue weighted by Gasteiger charge is -2.14. The second kappa shape index (κ2) is 5.13. The highest BCUT2D eigenvalue weighted by atomic mass is 15.1. The van der Waals surface area contributed by atoms with Crippen molar-refractivity contribution in [1.82, 2.24) is 10.6 Å². The van der Waals surface area contributed by atoms with E-state index in [0.29, 0.717) is 6.04 Å². The summed E-state index contributed by atoms with van der Waals surface area (Å²) < 4.78 is 0. The Balaban J connectivity index is 3.40. The molecule has 0 heterocycles. The average Bonchev–Trinajstić information content (AvgIpc) is 1.82. The molecule has 0 aromatic carbocycles. The highest BCUT2D eigenvalue weighted by molar-refractivity contribution is 4.93. The van der Waals surface area contributed by atoms with E-state index in [1.54, 1.807) is 0 Å². The molecule has 0 spiro atoms. The van der Waals surface area contributed by atoms with Crippen LogP contribution in [0.15, 0.2) is 0 Å². The van der Waals surface area contributed by atoms with Gasteiger partial charge in [0.2, 0.25) is 0 Å². The molecule has 0 saturated carbocycles. The monoisotopic (exact) mass is 140 g/mol. The number of rotatable bonds is 3. The van der Waals surface area contributed by atoms with Gasteiger partial charge in [-0.1, -0.05) is 5.92 Å². The highest BCUT2D eigenvalue weighted by Crippen LogP contribution is 1.79. The lowest BCUT2D eigenvalue weighted by molar-refractivity contribution is 0.463. The van der Waals surface area contributed by atoms with Crippen molar-refractivity contribution in [3.63, 3.8) is 0 Å². The molecule has 0 aliphatic heterocycles. The molecule has 2 N–H and O–H groups in total. The Morgan fingerprint density at radius 3 is 2.20 bits per heavy atom. The lowest BCUT2D eigenvalue weighted by atomic mass is 10.4. The summed E-state index contributed by atoms with van der Waals surface area (Å²) in [7, 11) is 0. The largest absolute Gasteiger partial charge is 0.330 e. The Morgan fingerprint density at radius 2 is 1.80 bits per heavy atom. The second-order valence-electron chi connectivity index (χ2n) is 2.56. The predicted molar refractivity (Wildman–Crippen MR) is 44.3 cm³/mol. The van der Waals surface area contributed by atoms with Gasteiger partial charge in [-0.2, -0.15) is 0 Å². The Hall–Kier alpha value is -0.680. The van der Waals surface area contributed by atoms with Crippen LogP contribution in [0.4, 0.5) is 0 Å². The zero-order chi connectivity index (χ0) is 7.98. The van der Waals surface area contributed by atoms with Crippen molar-refractivity contribution in [3.8, 4) is 12.0 Å². The molecule has 0 radical (unpaired) electrons. The van der Waals surface area contributed by atoms with Crippen LogP contribution in [0.25, 0.3) is 0 Å². The molecule has 0 amide bonds. The third-order valence-electron chi connectivity index (χ3n) is 0.997. The summed E-state index contributed by atoms with van der Waals surface area (Å²) in [5.41, 5.74) is 0. The van der Waals surface area contributed by atoms with Gasteiger partial charge in [0, 0.05) is 12.1 Å². The van der Waals surface area contributed by atoms with Crippen molar-refractivity contribution in [3.05, 3.63) is 0 Å². The normalized spacial score (nSPS) is 12.1. The van der Waals surface area contributed by atoms with Crippen molar-refractivity contribution in [2.75, 3.05) is 0 Å². The number of hydrogen-bond acceptors (Lipinski definition) is 2. The van der Waals surface area contributed by atoms with Gasteiger partial charge in [0.25, 0.3) is 0 Å². The molecule has 0 bridgehead atoms. The van der Waals surface area contributed by atoms with Crippen LogP contribution in [-0.2, 0) is 0 Å². The third kappa shape index (κ3) is 5.46. The van der Waals surface area contributed by atoms with E-state index in [9.17, 15) is 0 Å². The van der Waals surface area contributed by atoms with Crippen molar-refractivity contribution in [2.24, 2.45) is 0 Å². The fraction of sp³-hybridized carbons (Fsp3) is 0.750. The molecule has 0 fully saturated rings. The lowest BCUT2D eigenvalue weighted by Crippen LogP contribution is -2.40. The molecule has 0 aromatic rings. The summed E-state index contributed by atoms with van der Waals surface area (Å²) in [6.45, 7) is 8.08. The Morgan fingerprint density at radius 1 is 1.20 bits per heavy atom. The van der Waals surface area contributed by atoms with Crippen molar-refractivity contribution >= 4 is 0 Å². The molecule has 0 aliphatic rings. The SMILES string of the molecule is CC#CNC(C)NC(C)C. The van der Waals surface area contributed by atoms with Crippen LogP contribution in [0.5, 0.6) is 0 Å². The topological polar surface area (TPSA) is 24.1 Å². The van der Waals surface area contributed by atoms with Gasteiger partial charge >= 0.3 is 0 Å². The highest BCUT2D eigenvalue weighted by Gasteiger charge is 1.97. The fourth-order valence-electron chi connectivity index (χ4n) is 0.722. The summed E-state index contributed by atoms with van der Waals surface area (Å²) in [6, 6.07) is 3.29. The van der Waals surface area contributed by atoms with Crippen LogP contribution in [0.1, 0.15) is 27.7 Å². The van der Waals surface area contributed by atoms with Crippen LogP contribution >= 0.6 is 0 Å². The smallest absolute Gasteiger partial charge is 0.0816 e. The van der Waals surface area contributed by atoms with Gasteiger partial charge in [-0.25, -0.2) is 0 Å². The van der Waals surface area contributed by atoms with Gasteiger partial charge in [0.1, 0.15) is 0 Å². The summed E-state index contributed by atoms with van der Waals surface area (Å²) in [5, 5.41) is 6.26. The van der Waals surface area contributed by atoms with Crippen molar-refractivity contribution in [2.45, 2.75) is 39.9 Å². The van der Waals surface area contributed by atoms with E-state index in [4.69, 9.17) is 0 Å². The number of hydrogen-bond donors (Lipinski definition) is 2. The first-order valence-electron chi connectivity index (χ1n) is 3.60. The standard InChI is InChI=1S/C8H16N2/c1-5-6-9-8(4)10-7(2)3/h7-10H,1-4H3. The molecular weight excluding hydrogens is 124 g/mol. The maximum Gasteiger partial charge on any atom is 0.0816 e. The Bertz CT molecular complexity index is 130. The molecule has 10 heavy (non-hydrogen) atoms. The first-order chi connectivity index (χ1) is 4.66. The molecule has 1 atom stereocenters. The van der Waals surface area contributed by atoms with Crippen molar-refractivity contribution < 1.29 is 0 Å². The zero-order valence-electron chi connectivity index (χ0n) is 7.15. The van der Waals surface area contributed by atoms with Crippen LogP contribution < -0.4 is 10.6 Å². The first kappa shape index (κ1) is 9.32. The summed E-state index contributed by atoms with van der Waals surface area (Å²) in [4.78, 5) is 0. The maximum absolute atomic E-state index is 3.26. The molecular formula is C8H16N2. The minimum Gasteiger partial charge on any atom is -0.330 e. The predicted octanol–water partition coefficient (Wildman–Crippen LogP) is 0.901. The fourth-order valence-corrected chi connectivity index (χ4v) is 0.722. The third-order valence-corrected chi connectivity index (χ3v) is 0.997. The van der Waals surface area contributed by atoms with E-state index in [0.717, 1.165) is 0 Å². The Labute approximate surface area is 63.4 Å². The van der Waals surface area contributed by atoms with Crippen molar-refractivity contribution in [1.29, 1.82) is 0 Å². The number of nitrogens with one attached hydrogen (secondary N) is 2. The Kier molecular flexibility index (Phi) is 4.78. The minimum atomic E-state index is 0.271. The van der Waals surface area contributed by atoms with Gasteiger partial charge in [-0.3, -0.25) is 5.32 Å². The first-order valence-corrected chi connectivity index (χ1v) is 3.60. The molecule has 0 aromatic heterocycles. The molecule has 0 rings (SSSR count). The van der Waals surface area contributed by atoms with E-state index in [1.807, 2.05) is 13.8 Å².